The van der Waals surface area contributed by atoms with E-state index in [0.29, 0.717) is 26.0 Å². The number of hydrogen-bond donors (Lipinski definition) is 3. The van der Waals surface area contributed by atoms with Crippen molar-refractivity contribution in [3.05, 3.63) is 143 Å². The van der Waals surface area contributed by atoms with Gasteiger partial charge in [-0.15, -0.1) is 11.3 Å². The Morgan fingerprint density at radius 1 is 0.826 bits per heavy atom. The SMILES string of the molecule is CC/C(=C(\c1ccccc1)c1ccc(OCCN(C)C(=O)CCCCCCCCC(=O)N[C@H](C(=O)N2C[C@H](O)C[C@H]2C(=O)NCc2ccc(-c3scnc3C)cc2)C(C)(C)C)cc1)c1ccccc1. The maximum absolute atomic E-state index is 14.0. The van der Waals surface area contributed by atoms with Gasteiger partial charge < -0.3 is 30.3 Å². The van der Waals surface area contributed by atoms with E-state index in [-0.39, 0.29) is 49.6 Å². The minimum Gasteiger partial charge on any atom is -0.492 e. The Morgan fingerprint density at radius 3 is 2.04 bits per heavy atom. The number of likely N-dealkylation sites (N-methyl/N-ethyl adjacent to an activating group) is 1. The maximum atomic E-state index is 14.0. The first-order valence-corrected chi connectivity index (χ1v) is 25.5. The topological polar surface area (TPSA) is 141 Å². The summed E-state index contributed by atoms with van der Waals surface area (Å²) in [5.41, 5.74) is 10.2. The van der Waals surface area contributed by atoms with Crippen LogP contribution in [0.3, 0.4) is 0 Å². The van der Waals surface area contributed by atoms with Crippen molar-refractivity contribution in [3.8, 4) is 16.2 Å². The van der Waals surface area contributed by atoms with Gasteiger partial charge in [0, 0.05) is 39.4 Å². The summed E-state index contributed by atoms with van der Waals surface area (Å²) in [5, 5.41) is 16.5. The molecule has 3 N–H and O–H groups in total. The van der Waals surface area contributed by atoms with Crippen LogP contribution >= 0.6 is 11.3 Å². The Labute approximate surface area is 413 Å². The summed E-state index contributed by atoms with van der Waals surface area (Å²) in [6.45, 7) is 11.0. The minimum absolute atomic E-state index is 0.0267. The molecule has 366 valence electrons. The molecule has 0 saturated carbocycles. The fourth-order valence-electron chi connectivity index (χ4n) is 8.90. The molecule has 1 fully saturated rings. The monoisotopic (exact) mass is 954 g/mol. The predicted molar refractivity (Wildman–Crippen MR) is 277 cm³/mol. The highest BCUT2D eigenvalue weighted by molar-refractivity contribution is 7.13. The van der Waals surface area contributed by atoms with E-state index in [2.05, 4.69) is 83.2 Å². The van der Waals surface area contributed by atoms with E-state index in [9.17, 15) is 24.3 Å². The van der Waals surface area contributed by atoms with Gasteiger partial charge in [-0.3, -0.25) is 19.2 Å². The summed E-state index contributed by atoms with van der Waals surface area (Å²) in [6.07, 6.45) is 6.11. The standard InChI is InChI=1S/C57H71N5O6S/c1-7-48(42-20-14-12-15-21-42)52(43-22-16-13-17-23-43)44-30-32-47(33-31-44)68-35-34-61(6)51(65)25-19-11-9-8-10-18-24-50(64)60-54(57(3,4)5)56(67)62-38-46(63)36-49(62)55(66)58-37-41-26-28-45(29-27-41)53-40(2)59-39-69-53/h12-17,20-23,26-33,39,46,49,54,63H,7-11,18-19,24-25,34-38H2,1-6H3,(H,58,66)(H,60,64)/b52-48-/t46-,49+,54-/m1/s1. The number of unbranched alkanes of at least 4 members (excludes halogenated alkanes) is 5. The molecule has 1 aromatic heterocycles. The van der Waals surface area contributed by atoms with Gasteiger partial charge in [0.25, 0.3) is 0 Å². The number of β-amino-alcohol motifs (C(OH)–C–C–N with tert-alkyl or cyclic N) is 1. The normalized spacial score (nSPS) is 15.6. The lowest BCUT2D eigenvalue weighted by atomic mass is 9.85. The van der Waals surface area contributed by atoms with E-state index in [1.807, 2.05) is 88.8 Å². The van der Waals surface area contributed by atoms with Gasteiger partial charge in [-0.05, 0) is 82.7 Å². The molecule has 4 aromatic carbocycles. The zero-order chi connectivity index (χ0) is 49.3. The molecular weight excluding hydrogens is 883 g/mol. The summed E-state index contributed by atoms with van der Waals surface area (Å²) in [6, 6.07) is 35.5. The quantitative estimate of drug-likeness (QED) is 0.0437. The number of likely N-dealkylation sites (tertiary alicyclic amines) is 1. The number of aliphatic hydroxyl groups excluding tert-OH is 1. The molecule has 0 bridgehead atoms. The first-order valence-electron chi connectivity index (χ1n) is 24.6. The number of ether oxygens (including phenoxy) is 1. The van der Waals surface area contributed by atoms with Gasteiger partial charge in [-0.2, -0.15) is 0 Å². The van der Waals surface area contributed by atoms with Crippen LogP contribution in [-0.4, -0.2) is 88.5 Å². The summed E-state index contributed by atoms with van der Waals surface area (Å²) in [7, 11) is 1.82. The summed E-state index contributed by atoms with van der Waals surface area (Å²) in [5.74, 6) is -0.0597. The van der Waals surface area contributed by atoms with Crippen LogP contribution in [0.4, 0.5) is 0 Å². The van der Waals surface area contributed by atoms with E-state index in [1.54, 1.807) is 16.2 Å². The Hall–Kier alpha value is -6.11. The number of hydrogen-bond acceptors (Lipinski definition) is 8. The fourth-order valence-corrected chi connectivity index (χ4v) is 9.71. The van der Waals surface area contributed by atoms with Crippen LogP contribution in [0.25, 0.3) is 21.6 Å². The second-order valence-electron chi connectivity index (χ2n) is 19.2. The Bertz CT molecular complexity index is 2460. The van der Waals surface area contributed by atoms with Crippen molar-refractivity contribution >= 4 is 46.1 Å². The third kappa shape index (κ3) is 14.9. The molecule has 2 heterocycles. The number of rotatable bonds is 23. The number of carbonyl (C=O) groups excluding carboxylic acids is 4. The maximum Gasteiger partial charge on any atom is 0.246 e. The molecule has 1 aliphatic heterocycles. The molecule has 5 aromatic rings. The van der Waals surface area contributed by atoms with Crippen molar-refractivity contribution in [1.29, 1.82) is 0 Å². The zero-order valence-electron chi connectivity index (χ0n) is 41.3. The summed E-state index contributed by atoms with van der Waals surface area (Å²) in [4.78, 5) is 62.2. The third-order valence-electron chi connectivity index (χ3n) is 12.9. The number of amides is 4. The van der Waals surface area contributed by atoms with E-state index in [0.717, 1.165) is 71.5 Å². The van der Waals surface area contributed by atoms with Crippen molar-refractivity contribution in [2.75, 3.05) is 26.7 Å². The van der Waals surface area contributed by atoms with Gasteiger partial charge in [0.05, 0.1) is 28.7 Å². The molecule has 0 radical (unpaired) electrons. The minimum atomic E-state index is -0.863. The molecule has 11 nitrogen and oxygen atoms in total. The Kier molecular flexibility index (Phi) is 19.3. The molecule has 6 rings (SSSR count). The molecule has 69 heavy (non-hydrogen) atoms. The second-order valence-corrected chi connectivity index (χ2v) is 20.0. The average molecular weight is 954 g/mol. The molecule has 1 saturated heterocycles. The number of nitrogens with one attached hydrogen (secondary N) is 2. The molecule has 3 atom stereocenters. The number of carbonyl (C=O) groups is 4. The number of aromatic nitrogens is 1. The first-order chi connectivity index (χ1) is 33.2. The van der Waals surface area contributed by atoms with Gasteiger partial charge in [0.2, 0.25) is 23.6 Å². The number of nitrogens with zero attached hydrogens (tertiary/aromatic N) is 3. The lowest BCUT2D eigenvalue weighted by Gasteiger charge is -2.35. The lowest BCUT2D eigenvalue weighted by Crippen LogP contribution is -2.57. The zero-order valence-corrected chi connectivity index (χ0v) is 42.2. The largest absolute Gasteiger partial charge is 0.492 e. The van der Waals surface area contributed by atoms with Crippen molar-refractivity contribution < 1.29 is 29.0 Å². The van der Waals surface area contributed by atoms with E-state index in [4.69, 9.17) is 4.74 Å². The highest BCUT2D eigenvalue weighted by Crippen LogP contribution is 2.35. The molecule has 1 aliphatic rings. The van der Waals surface area contributed by atoms with E-state index < -0.39 is 23.6 Å². The smallest absolute Gasteiger partial charge is 0.246 e. The predicted octanol–water partition coefficient (Wildman–Crippen LogP) is 10.3. The van der Waals surface area contributed by atoms with Crippen LogP contribution in [0.1, 0.15) is 120 Å². The third-order valence-corrected chi connectivity index (χ3v) is 13.8. The van der Waals surface area contributed by atoms with E-state index >= 15 is 0 Å². The van der Waals surface area contributed by atoms with Gasteiger partial charge in [-0.1, -0.05) is 150 Å². The van der Waals surface area contributed by atoms with Gasteiger partial charge in [-0.25, -0.2) is 4.98 Å². The second kappa shape index (κ2) is 25.5. The highest BCUT2D eigenvalue weighted by atomic mass is 32.1. The van der Waals surface area contributed by atoms with Gasteiger partial charge in [0.15, 0.2) is 0 Å². The van der Waals surface area contributed by atoms with Gasteiger partial charge in [0.1, 0.15) is 24.4 Å². The van der Waals surface area contributed by atoms with Crippen LogP contribution < -0.4 is 15.4 Å². The fraction of sp³-hybridized carbons (Fsp3) is 0.421. The molecule has 4 amide bonds. The number of benzene rings is 4. The Balaban J connectivity index is 0.865. The molecule has 0 unspecified atom stereocenters. The van der Waals surface area contributed by atoms with Crippen molar-refractivity contribution in [1.82, 2.24) is 25.4 Å². The van der Waals surface area contributed by atoms with Crippen molar-refractivity contribution in [3.63, 3.8) is 0 Å². The summed E-state index contributed by atoms with van der Waals surface area (Å²) < 4.78 is 6.08. The summed E-state index contributed by atoms with van der Waals surface area (Å²) >= 11 is 1.58. The van der Waals surface area contributed by atoms with Crippen molar-refractivity contribution in [2.45, 2.75) is 124 Å². The van der Waals surface area contributed by atoms with Crippen molar-refractivity contribution in [2.24, 2.45) is 5.41 Å². The lowest BCUT2D eigenvalue weighted by molar-refractivity contribution is -0.144. The number of thiazole rings is 1. The van der Waals surface area contributed by atoms with Crippen LogP contribution in [0.2, 0.25) is 0 Å². The molecule has 0 spiro atoms. The number of aryl methyl sites for hydroxylation is 1. The molecule has 0 aliphatic carbocycles. The average Bonchev–Trinajstić information content (AvgIpc) is 3.97. The van der Waals surface area contributed by atoms with Crippen LogP contribution in [0.15, 0.2) is 115 Å². The van der Waals surface area contributed by atoms with Crippen LogP contribution in [0, 0.1) is 12.3 Å². The first kappa shape index (κ1) is 52.3. The van der Waals surface area contributed by atoms with Crippen LogP contribution in [-0.2, 0) is 25.7 Å². The van der Waals surface area contributed by atoms with Crippen LogP contribution in [0.5, 0.6) is 5.75 Å². The Morgan fingerprint density at radius 2 is 1.43 bits per heavy atom. The molecule has 12 heteroatoms. The number of aliphatic hydroxyl groups is 1. The van der Waals surface area contributed by atoms with Gasteiger partial charge >= 0.3 is 0 Å². The highest BCUT2D eigenvalue weighted by Gasteiger charge is 2.44. The number of allylic oxidation sites excluding steroid dienone is 1. The van der Waals surface area contributed by atoms with E-state index in [1.165, 1.54) is 27.2 Å². The molecular formula is C57H71N5O6S.